The molecule has 0 aromatic carbocycles. The van der Waals surface area contributed by atoms with Gasteiger partial charge in [-0.2, -0.15) is 12.8 Å². The Bertz CT molecular complexity index is 289. The van der Waals surface area contributed by atoms with Crippen molar-refractivity contribution in [2.45, 2.75) is 34.1 Å². The summed E-state index contributed by atoms with van der Waals surface area (Å²) >= 11 is 0. The number of nitrogens with zero attached hydrogens (tertiary/aromatic N) is 2. The number of amides is 6. The minimum Gasteiger partial charge on any atom is -0.442 e. The first-order chi connectivity index (χ1) is 9.40. The fourth-order valence-electron chi connectivity index (χ4n) is 0.687. The van der Waals surface area contributed by atoms with E-state index in [1.165, 1.54) is 0 Å². The van der Waals surface area contributed by atoms with Gasteiger partial charge in [0.1, 0.15) is 11.8 Å². The molecule has 0 atom stereocenters. The maximum atomic E-state index is 10.0. The van der Waals surface area contributed by atoms with Crippen LogP contribution in [0.5, 0.6) is 0 Å². The Kier molecular flexibility index (Phi) is 59.0. The van der Waals surface area contributed by atoms with Gasteiger partial charge in [-0.1, -0.05) is 21.3 Å². The van der Waals surface area contributed by atoms with Crippen molar-refractivity contribution in [2.24, 2.45) is 0 Å². The Morgan fingerprint density at radius 3 is 1.08 bits per heavy atom. The molecule has 2 N–H and O–H groups in total. The molecular weight excluding hydrogens is 489 g/mol. The number of imide groups is 2. The molecule has 0 aromatic heterocycles. The summed E-state index contributed by atoms with van der Waals surface area (Å²) in [4.78, 5) is 39.9. The van der Waals surface area contributed by atoms with Crippen LogP contribution in [0, 0.1) is 21.3 Å². The Morgan fingerprint density at radius 2 is 1.04 bits per heavy atom. The summed E-state index contributed by atoms with van der Waals surface area (Å²) in [5, 5.41) is 10.4. The molecule has 2 fully saturated rings. The number of hydrogen-bond acceptors (Lipinski definition) is 4. The molecule has 2 heterocycles. The van der Waals surface area contributed by atoms with Crippen molar-refractivity contribution in [3.8, 4) is 0 Å². The van der Waals surface area contributed by atoms with Crippen molar-refractivity contribution in [3.05, 3.63) is 31.9 Å². The number of urea groups is 2. The van der Waals surface area contributed by atoms with E-state index in [0.717, 1.165) is 12.8 Å². The maximum Gasteiger partial charge on any atom is 1.00 e. The molecule has 25 heavy (non-hydrogen) atoms. The molecular formula is C14H27N4NaO4Y2-4. The zero-order valence-electron chi connectivity index (χ0n) is 14.9. The Morgan fingerprint density at radius 1 is 0.840 bits per heavy atom. The van der Waals surface area contributed by atoms with Crippen LogP contribution in [0.3, 0.4) is 0 Å². The van der Waals surface area contributed by atoms with Crippen LogP contribution in [-0.2, 0) is 75.0 Å². The summed E-state index contributed by atoms with van der Waals surface area (Å²) in [7, 11) is 0. The van der Waals surface area contributed by atoms with Gasteiger partial charge in [-0.15, -0.1) is 0 Å². The second-order valence-electron chi connectivity index (χ2n) is 3.33. The molecule has 2 saturated heterocycles. The van der Waals surface area contributed by atoms with Crippen LogP contribution in [0.15, 0.2) is 0 Å². The van der Waals surface area contributed by atoms with Gasteiger partial charge in [-0.25, -0.2) is 0 Å². The van der Waals surface area contributed by atoms with Crippen LogP contribution in [-0.4, -0.2) is 37.0 Å². The summed E-state index contributed by atoms with van der Waals surface area (Å²) < 4.78 is 0. The molecule has 2 aliphatic heterocycles. The first kappa shape index (κ1) is 45.1. The Balaban J connectivity index is -0.0000000345. The van der Waals surface area contributed by atoms with E-state index in [2.05, 4.69) is 35.1 Å². The van der Waals surface area contributed by atoms with E-state index in [-0.39, 0.29) is 135 Å². The number of carbonyl (C=O) groups excluding carboxylic acids is 4. The van der Waals surface area contributed by atoms with Gasteiger partial charge in [0.05, 0.1) is 0 Å². The Labute approximate surface area is 225 Å². The van der Waals surface area contributed by atoms with E-state index in [9.17, 15) is 19.2 Å². The smallest absolute Gasteiger partial charge is 0.442 e. The normalized spacial score (nSPS) is 12.0. The average molecular weight is 516 g/mol. The van der Waals surface area contributed by atoms with Crippen LogP contribution < -0.4 is 40.2 Å². The van der Waals surface area contributed by atoms with Crippen LogP contribution in [0.4, 0.5) is 9.59 Å². The zero-order valence-corrected chi connectivity index (χ0v) is 22.6. The molecule has 138 valence electrons. The van der Waals surface area contributed by atoms with Crippen molar-refractivity contribution in [1.29, 1.82) is 0 Å². The first-order valence-corrected chi connectivity index (χ1v) is 6.04. The maximum absolute atomic E-state index is 10.0. The van der Waals surface area contributed by atoms with Crippen LogP contribution in [0.1, 0.15) is 34.1 Å². The van der Waals surface area contributed by atoms with E-state index in [1.54, 1.807) is 0 Å². The summed E-state index contributed by atoms with van der Waals surface area (Å²) in [6.45, 7) is 11.1. The molecule has 11 heteroatoms. The molecule has 0 spiro atoms. The molecule has 6 amide bonds. The molecule has 0 saturated carbocycles. The first-order valence-electron chi connectivity index (χ1n) is 6.04. The van der Waals surface area contributed by atoms with Gasteiger partial charge in [0.15, 0.2) is 12.1 Å². The molecule has 2 rings (SSSR count). The molecule has 8 nitrogen and oxygen atoms in total. The van der Waals surface area contributed by atoms with Gasteiger partial charge in [0, 0.05) is 78.5 Å². The molecule has 0 aromatic rings. The van der Waals surface area contributed by atoms with Crippen molar-refractivity contribution in [1.82, 2.24) is 10.6 Å². The van der Waals surface area contributed by atoms with Gasteiger partial charge >= 0.3 is 29.6 Å². The van der Waals surface area contributed by atoms with E-state index in [0.29, 0.717) is 0 Å². The van der Waals surface area contributed by atoms with Crippen molar-refractivity contribution >= 4 is 23.9 Å². The molecule has 2 radical (unpaired) electrons. The fourth-order valence-corrected chi connectivity index (χ4v) is 0.687. The third-order valence-electron chi connectivity index (χ3n) is 1.23. The second kappa shape index (κ2) is 32.7. The summed E-state index contributed by atoms with van der Waals surface area (Å²) in [5.41, 5.74) is 0. The summed E-state index contributed by atoms with van der Waals surface area (Å²) in [6, 6.07) is -1.05. The average Bonchev–Trinajstić information content (AvgIpc) is 2.90. The van der Waals surface area contributed by atoms with Crippen molar-refractivity contribution in [3.63, 3.8) is 0 Å². The number of nitrogens with one attached hydrogen (secondary N) is 2. The SMILES string of the molecule is C.O=C1CNC(=O)[N-]1.O=C1CNC(=O)[N-]1.[CH2-]CC.[CH2-]CC.[CH3-].[Na+].[Y].[Y]. The molecule has 0 bridgehead atoms. The standard InChI is InChI=1S/2C3H4N2O2.2C3H7.CH4.CH3.Na.2Y/c2*6-2-1-4-3(7)5-2;2*1-3-2;;;;;/h2*1H2,(H2,4,5,6,7);2*1,3H2,2H3;1H4;1H3;;;/q;;2*-1;;-1;+1;;/p-2. The summed E-state index contributed by atoms with van der Waals surface area (Å²) in [6.07, 6.45) is 2.00. The Hall–Kier alpha value is 1.09. The van der Waals surface area contributed by atoms with Crippen molar-refractivity contribution < 1.29 is 114 Å². The van der Waals surface area contributed by atoms with E-state index in [4.69, 9.17) is 0 Å². The van der Waals surface area contributed by atoms with Gasteiger partial charge in [-0.3, -0.25) is 19.2 Å². The quantitative estimate of drug-likeness (QED) is 0.263. The fraction of sp³-hybridized carbons (Fsp3) is 0.500. The van der Waals surface area contributed by atoms with E-state index in [1.807, 2.05) is 13.8 Å². The molecule has 0 aliphatic carbocycles. The van der Waals surface area contributed by atoms with Gasteiger partial charge < -0.3 is 42.5 Å². The largest absolute Gasteiger partial charge is 1.00 e. The van der Waals surface area contributed by atoms with Crippen LogP contribution >= 0.6 is 0 Å². The number of carbonyl (C=O) groups is 4. The monoisotopic (exact) mass is 516 g/mol. The van der Waals surface area contributed by atoms with Gasteiger partial charge in [-0.05, 0) is 0 Å². The molecule has 0 unspecified atom stereocenters. The minimum absolute atomic E-state index is 0. The number of hydrogen-bond donors (Lipinski definition) is 2. The predicted octanol–water partition coefficient (Wildman–Crippen LogP) is -0.234. The van der Waals surface area contributed by atoms with E-state index >= 15 is 0 Å². The number of rotatable bonds is 0. The van der Waals surface area contributed by atoms with Crippen LogP contribution in [0.25, 0.3) is 10.6 Å². The second-order valence-corrected chi connectivity index (χ2v) is 3.33. The minimum atomic E-state index is -0.523. The predicted molar refractivity (Wildman–Crippen MR) is 88.0 cm³/mol. The third-order valence-corrected chi connectivity index (χ3v) is 1.23. The van der Waals surface area contributed by atoms with Gasteiger partial charge in [0.25, 0.3) is 0 Å². The molecule has 2 aliphatic rings. The van der Waals surface area contributed by atoms with E-state index < -0.39 is 12.1 Å². The summed E-state index contributed by atoms with van der Waals surface area (Å²) in [5.74, 6) is -0.769. The van der Waals surface area contributed by atoms with Crippen LogP contribution in [0.2, 0.25) is 0 Å². The van der Waals surface area contributed by atoms with Gasteiger partial charge in [0.2, 0.25) is 0 Å². The topological polar surface area (TPSA) is 121 Å². The van der Waals surface area contributed by atoms with Crippen molar-refractivity contribution in [2.75, 3.05) is 13.1 Å². The zero-order chi connectivity index (χ0) is 16.0. The third kappa shape index (κ3) is 36.7.